The first-order chi connectivity index (χ1) is 13.0. The minimum absolute atomic E-state index is 0.0729. The van der Waals surface area contributed by atoms with Gasteiger partial charge in [0.25, 0.3) is 0 Å². The molecule has 0 unspecified atom stereocenters. The van der Waals surface area contributed by atoms with Gasteiger partial charge in [-0.25, -0.2) is 0 Å². The van der Waals surface area contributed by atoms with Crippen molar-refractivity contribution in [2.24, 2.45) is 5.41 Å². The van der Waals surface area contributed by atoms with Crippen molar-refractivity contribution in [3.63, 3.8) is 0 Å². The maximum absolute atomic E-state index is 13.1. The number of anilines is 2. The molecule has 0 bridgehead atoms. The van der Waals surface area contributed by atoms with Gasteiger partial charge < -0.3 is 15.1 Å². The minimum Gasteiger partial charge on any atom is -0.378 e. The van der Waals surface area contributed by atoms with Gasteiger partial charge in [-0.05, 0) is 49.6 Å². The fraction of sp³-hybridized carbons (Fsp3) is 0.364. The van der Waals surface area contributed by atoms with Crippen molar-refractivity contribution in [1.82, 2.24) is 4.90 Å². The third-order valence-corrected chi connectivity index (χ3v) is 5.12. The summed E-state index contributed by atoms with van der Waals surface area (Å²) in [6.45, 7) is 3.07. The fourth-order valence-electron chi connectivity index (χ4n) is 3.19. The number of amides is 2. The normalized spacial score (nSPS) is 14.3. The molecule has 1 saturated carbocycles. The molecule has 0 saturated heterocycles. The lowest BCUT2D eigenvalue weighted by Gasteiger charge is -2.26. The van der Waals surface area contributed by atoms with Gasteiger partial charge in [-0.15, -0.1) is 0 Å². The average Bonchev–Trinajstić information content (AvgIpc) is 3.49. The van der Waals surface area contributed by atoms with Gasteiger partial charge in [-0.2, -0.15) is 0 Å². The zero-order valence-corrected chi connectivity index (χ0v) is 16.2. The van der Waals surface area contributed by atoms with E-state index in [9.17, 15) is 9.59 Å². The van der Waals surface area contributed by atoms with E-state index >= 15 is 0 Å². The molecule has 1 aliphatic rings. The van der Waals surface area contributed by atoms with Crippen molar-refractivity contribution >= 4 is 23.2 Å². The molecule has 0 radical (unpaired) electrons. The lowest BCUT2D eigenvalue weighted by Crippen LogP contribution is -2.42. The van der Waals surface area contributed by atoms with Gasteiger partial charge in [0.15, 0.2) is 0 Å². The van der Waals surface area contributed by atoms with Gasteiger partial charge in [-0.1, -0.05) is 30.3 Å². The summed E-state index contributed by atoms with van der Waals surface area (Å²) in [6, 6.07) is 17.5. The van der Waals surface area contributed by atoms with Crippen molar-refractivity contribution in [3.8, 4) is 0 Å². The number of nitrogens with one attached hydrogen (secondary N) is 1. The fourth-order valence-corrected chi connectivity index (χ4v) is 3.19. The maximum atomic E-state index is 13.1. The van der Waals surface area contributed by atoms with Crippen LogP contribution in [0.3, 0.4) is 0 Å². The Hall–Kier alpha value is -2.82. The van der Waals surface area contributed by atoms with E-state index in [4.69, 9.17) is 0 Å². The maximum Gasteiger partial charge on any atom is 0.240 e. The highest BCUT2D eigenvalue weighted by atomic mass is 16.2. The molecule has 0 atom stereocenters. The van der Waals surface area contributed by atoms with Crippen molar-refractivity contribution in [2.75, 3.05) is 30.9 Å². The minimum atomic E-state index is -0.912. The summed E-state index contributed by atoms with van der Waals surface area (Å²) in [5, 5.41) is 2.93. The summed E-state index contributed by atoms with van der Waals surface area (Å²) in [5.74, 6) is -0.270. The van der Waals surface area contributed by atoms with E-state index in [0.717, 1.165) is 16.9 Å². The number of nitrogens with zero attached hydrogens (tertiary/aromatic N) is 2. The van der Waals surface area contributed by atoms with Crippen LogP contribution in [0.25, 0.3) is 0 Å². The second kappa shape index (κ2) is 7.82. The van der Waals surface area contributed by atoms with Crippen LogP contribution in [0.5, 0.6) is 0 Å². The first-order valence-corrected chi connectivity index (χ1v) is 9.38. The Bertz CT molecular complexity index is 796. The first kappa shape index (κ1) is 19.0. The van der Waals surface area contributed by atoms with Crippen LogP contribution in [0.2, 0.25) is 0 Å². The molecular formula is C22H27N3O2. The summed E-state index contributed by atoms with van der Waals surface area (Å²) in [6.07, 6.45) is 1.22. The molecule has 1 aliphatic carbocycles. The molecular weight excluding hydrogens is 338 g/mol. The molecule has 2 aromatic rings. The third-order valence-electron chi connectivity index (χ3n) is 5.12. The standard InChI is InChI=1S/C22H27N3O2/c1-4-25(16-17-8-6-5-7-9-17)21(27)22(14-15-22)20(26)23-18-10-12-19(13-11-18)24(2)3/h5-13H,4,14-16H2,1-3H3,(H,23,26). The molecule has 1 N–H and O–H groups in total. The van der Waals surface area contributed by atoms with Crippen LogP contribution in [0.1, 0.15) is 25.3 Å². The number of benzene rings is 2. The Morgan fingerprint density at radius 3 is 2.15 bits per heavy atom. The Labute approximate surface area is 161 Å². The second-order valence-electron chi connectivity index (χ2n) is 7.28. The van der Waals surface area contributed by atoms with E-state index in [2.05, 4.69) is 5.32 Å². The molecule has 0 heterocycles. The van der Waals surface area contributed by atoms with E-state index in [1.54, 1.807) is 4.90 Å². The molecule has 0 spiro atoms. The molecule has 5 heteroatoms. The van der Waals surface area contributed by atoms with Gasteiger partial charge in [-0.3, -0.25) is 9.59 Å². The zero-order valence-electron chi connectivity index (χ0n) is 16.2. The smallest absolute Gasteiger partial charge is 0.240 e. The monoisotopic (exact) mass is 365 g/mol. The molecule has 2 amide bonds. The van der Waals surface area contributed by atoms with Crippen LogP contribution in [0, 0.1) is 5.41 Å². The molecule has 142 valence electrons. The highest BCUT2D eigenvalue weighted by molar-refractivity contribution is 6.13. The lowest BCUT2D eigenvalue weighted by atomic mass is 10.0. The molecule has 0 aliphatic heterocycles. The zero-order chi connectivity index (χ0) is 19.4. The highest BCUT2D eigenvalue weighted by Crippen LogP contribution is 2.48. The number of hydrogen-bond donors (Lipinski definition) is 1. The Morgan fingerprint density at radius 2 is 1.63 bits per heavy atom. The molecule has 0 aromatic heterocycles. The molecule has 2 aromatic carbocycles. The van der Waals surface area contributed by atoms with Gasteiger partial charge in [0.05, 0.1) is 0 Å². The van der Waals surface area contributed by atoms with E-state index in [1.807, 2.05) is 80.5 Å². The largest absolute Gasteiger partial charge is 0.378 e. The molecule has 5 nitrogen and oxygen atoms in total. The Kier molecular flexibility index (Phi) is 5.49. The Balaban J connectivity index is 1.69. The molecule has 3 rings (SSSR count). The lowest BCUT2D eigenvalue weighted by molar-refractivity contribution is -0.142. The van der Waals surface area contributed by atoms with E-state index in [-0.39, 0.29) is 11.8 Å². The number of rotatable bonds is 7. The summed E-state index contributed by atoms with van der Waals surface area (Å²) in [7, 11) is 3.94. The van der Waals surface area contributed by atoms with Crippen LogP contribution < -0.4 is 10.2 Å². The average molecular weight is 365 g/mol. The van der Waals surface area contributed by atoms with Crippen LogP contribution in [0.4, 0.5) is 11.4 Å². The van der Waals surface area contributed by atoms with Gasteiger partial charge in [0.2, 0.25) is 11.8 Å². The molecule has 1 fully saturated rings. The van der Waals surface area contributed by atoms with Crippen molar-refractivity contribution in [2.45, 2.75) is 26.3 Å². The number of hydrogen-bond acceptors (Lipinski definition) is 3. The van der Waals surface area contributed by atoms with Crippen LogP contribution in [-0.2, 0) is 16.1 Å². The summed E-state index contributed by atoms with van der Waals surface area (Å²) in [4.78, 5) is 29.7. The van der Waals surface area contributed by atoms with Gasteiger partial charge >= 0.3 is 0 Å². The van der Waals surface area contributed by atoms with Crippen LogP contribution in [0.15, 0.2) is 54.6 Å². The predicted octanol–water partition coefficient (Wildman–Crippen LogP) is 3.52. The van der Waals surface area contributed by atoms with Crippen molar-refractivity contribution in [1.29, 1.82) is 0 Å². The molecule has 27 heavy (non-hydrogen) atoms. The quantitative estimate of drug-likeness (QED) is 0.764. The SMILES string of the molecule is CCN(Cc1ccccc1)C(=O)C1(C(=O)Nc2ccc(N(C)C)cc2)CC1. The van der Waals surface area contributed by atoms with Crippen LogP contribution >= 0.6 is 0 Å². The van der Waals surface area contributed by atoms with Crippen molar-refractivity contribution in [3.05, 3.63) is 60.2 Å². The van der Waals surface area contributed by atoms with E-state index in [1.165, 1.54) is 0 Å². The summed E-state index contributed by atoms with van der Waals surface area (Å²) in [5.41, 5.74) is 1.94. The highest BCUT2D eigenvalue weighted by Gasteiger charge is 2.57. The predicted molar refractivity (Wildman–Crippen MR) is 109 cm³/mol. The Morgan fingerprint density at radius 1 is 1.00 bits per heavy atom. The number of carbonyl (C=O) groups excluding carboxylic acids is 2. The third kappa shape index (κ3) is 4.13. The van der Waals surface area contributed by atoms with Gasteiger partial charge in [0, 0.05) is 38.6 Å². The topological polar surface area (TPSA) is 52.7 Å². The van der Waals surface area contributed by atoms with E-state index < -0.39 is 5.41 Å². The second-order valence-corrected chi connectivity index (χ2v) is 7.28. The van der Waals surface area contributed by atoms with Crippen molar-refractivity contribution < 1.29 is 9.59 Å². The number of carbonyl (C=O) groups is 2. The summed E-state index contributed by atoms with van der Waals surface area (Å²) >= 11 is 0. The van der Waals surface area contributed by atoms with Crippen LogP contribution in [-0.4, -0.2) is 37.4 Å². The first-order valence-electron chi connectivity index (χ1n) is 9.38. The van der Waals surface area contributed by atoms with E-state index in [0.29, 0.717) is 25.9 Å². The summed E-state index contributed by atoms with van der Waals surface area (Å²) < 4.78 is 0. The van der Waals surface area contributed by atoms with Gasteiger partial charge in [0.1, 0.15) is 5.41 Å².